The second-order valence-electron chi connectivity index (χ2n) is 7.25. The minimum absolute atomic E-state index is 0.406. The first-order chi connectivity index (χ1) is 12.8. The van der Waals surface area contributed by atoms with Crippen molar-refractivity contribution in [3.8, 4) is 17.2 Å². The Kier molecular flexibility index (Phi) is 9.76. The maximum absolute atomic E-state index is 12.1. The number of carbonyl (C=O) groups is 1. The highest BCUT2D eigenvalue weighted by atomic mass is 16.6. The van der Waals surface area contributed by atoms with Crippen LogP contribution < -0.4 is 14.2 Å². The summed E-state index contributed by atoms with van der Waals surface area (Å²) in [5.74, 6) is 1.56. The largest absolute Gasteiger partial charge is 0.493 e. The molecule has 0 amide bonds. The monoisotopic (exact) mass is 378 g/mol. The number of esters is 1. The molecule has 0 fully saturated rings. The Morgan fingerprint density at radius 1 is 0.889 bits per heavy atom. The van der Waals surface area contributed by atoms with Crippen molar-refractivity contribution in [2.24, 2.45) is 0 Å². The van der Waals surface area contributed by atoms with E-state index in [4.69, 9.17) is 18.9 Å². The summed E-state index contributed by atoms with van der Waals surface area (Å²) in [7, 11) is 0. The van der Waals surface area contributed by atoms with E-state index in [0.717, 1.165) is 19.3 Å². The summed E-state index contributed by atoms with van der Waals surface area (Å²) in [4.78, 5) is 12.1. The number of ether oxygens (including phenoxy) is 4. The van der Waals surface area contributed by atoms with Crippen LogP contribution in [0.4, 0.5) is 0 Å². The molecule has 0 aromatic heterocycles. The van der Waals surface area contributed by atoms with E-state index in [-0.39, 0.29) is 0 Å². The van der Waals surface area contributed by atoms with Crippen LogP contribution in [0.3, 0.4) is 0 Å². The predicted octanol–water partition coefficient (Wildman–Crippen LogP) is 5.41. The van der Waals surface area contributed by atoms with Crippen molar-refractivity contribution >= 4 is 12.0 Å². The summed E-state index contributed by atoms with van der Waals surface area (Å²) in [5.41, 5.74) is 0.175. The van der Waals surface area contributed by atoms with E-state index < -0.39 is 11.6 Å². The van der Waals surface area contributed by atoms with Crippen molar-refractivity contribution in [1.29, 1.82) is 0 Å². The molecule has 1 aromatic carbocycles. The Balaban J connectivity index is 3.22. The van der Waals surface area contributed by atoms with Gasteiger partial charge in [-0.25, -0.2) is 4.79 Å². The lowest BCUT2D eigenvalue weighted by atomic mass is 10.1. The van der Waals surface area contributed by atoms with Crippen LogP contribution in [-0.4, -0.2) is 31.4 Å². The number of hydrogen-bond acceptors (Lipinski definition) is 5. The van der Waals surface area contributed by atoms with Crippen LogP contribution in [0, 0.1) is 0 Å². The van der Waals surface area contributed by atoms with Gasteiger partial charge in [0.2, 0.25) is 0 Å². The predicted molar refractivity (Wildman–Crippen MR) is 109 cm³/mol. The first kappa shape index (κ1) is 22.9. The zero-order chi connectivity index (χ0) is 20.3. The fraction of sp³-hybridized carbons (Fsp3) is 0.591. The van der Waals surface area contributed by atoms with Crippen LogP contribution in [0.25, 0.3) is 6.08 Å². The standard InChI is InChI=1S/C22H34O5/c1-7-12-24-17-15-19(25-13-8-2)18(20(16-17)26-14-9-3)10-11-21(23)27-22(4,5)6/h10-11,15-16H,7-9,12-14H2,1-6H3. The van der Waals surface area contributed by atoms with E-state index in [1.54, 1.807) is 6.08 Å². The molecule has 0 N–H and O–H groups in total. The number of rotatable bonds is 11. The van der Waals surface area contributed by atoms with Gasteiger partial charge in [0.1, 0.15) is 22.8 Å². The van der Waals surface area contributed by atoms with Gasteiger partial charge in [0.25, 0.3) is 0 Å². The van der Waals surface area contributed by atoms with Gasteiger partial charge in [0, 0.05) is 18.2 Å². The Morgan fingerprint density at radius 2 is 1.37 bits per heavy atom. The lowest BCUT2D eigenvalue weighted by Crippen LogP contribution is -2.22. The molecule has 0 spiro atoms. The van der Waals surface area contributed by atoms with Crippen LogP contribution in [0.15, 0.2) is 18.2 Å². The van der Waals surface area contributed by atoms with Gasteiger partial charge >= 0.3 is 5.97 Å². The molecule has 5 heteroatoms. The van der Waals surface area contributed by atoms with Crippen molar-refractivity contribution in [1.82, 2.24) is 0 Å². The van der Waals surface area contributed by atoms with Crippen molar-refractivity contribution < 1.29 is 23.7 Å². The Labute approximate surface area is 163 Å². The average Bonchev–Trinajstić information content (AvgIpc) is 2.60. The molecular weight excluding hydrogens is 344 g/mol. The van der Waals surface area contributed by atoms with Gasteiger partial charge in [0.05, 0.1) is 25.4 Å². The third-order valence-electron chi connectivity index (χ3n) is 3.27. The maximum atomic E-state index is 12.1. The summed E-state index contributed by atoms with van der Waals surface area (Å²) >= 11 is 0. The van der Waals surface area contributed by atoms with E-state index >= 15 is 0 Å². The molecule has 27 heavy (non-hydrogen) atoms. The van der Waals surface area contributed by atoms with Crippen molar-refractivity contribution in [2.45, 2.75) is 66.4 Å². The average molecular weight is 379 g/mol. The normalized spacial score (nSPS) is 11.5. The Bertz CT molecular complexity index is 585. The zero-order valence-corrected chi connectivity index (χ0v) is 17.6. The third-order valence-corrected chi connectivity index (χ3v) is 3.27. The molecule has 5 nitrogen and oxygen atoms in total. The molecule has 0 unspecified atom stereocenters. The van der Waals surface area contributed by atoms with E-state index in [9.17, 15) is 4.79 Å². The van der Waals surface area contributed by atoms with Gasteiger partial charge in [-0.2, -0.15) is 0 Å². The lowest BCUT2D eigenvalue weighted by Gasteiger charge is -2.18. The molecule has 1 aromatic rings. The highest BCUT2D eigenvalue weighted by Crippen LogP contribution is 2.36. The van der Waals surface area contributed by atoms with Crippen LogP contribution in [0.5, 0.6) is 17.2 Å². The van der Waals surface area contributed by atoms with E-state index in [0.29, 0.717) is 42.6 Å². The molecule has 0 heterocycles. The molecule has 0 bridgehead atoms. The fourth-order valence-electron chi connectivity index (χ4n) is 2.19. The van der Waals surface area contributed by atoms with Crippen molar-refractivity contribution in [3.63, 3.8) is 0 Å². The van der Waals surface area contributed by atoms with E-state index in [1.165, 1.54) is 6.08 Å². The molecule has 0 aliphatic heterocycles. The third kappa shape index (κ3) is 8.85. The summed E-state index contributed by atoms with van der Waals surface area (Å²) < 4.78 is 22.9. The van der Waals surface area contributed by atoms with Gasteiger partial charge in [-0.15, -0.1) is 0 Å². The van der Waals surface area contributed by atoms with Gasteiger partial charge in [-0.3, -0.25) is 0 Å². The minimum atomic E-state index is -0.539. The zero-order valence-electron chi connectivity index (χ0n) is 17.6. The molecule has 0 radical (unpaired) electrons. The van der Waals surface area contributed by atoms with Crippen LogP contribution in [0.1, 0.15) is 66.4 Å². The van der Waals surface area contributed by atoms with Gasteiger partial charge in [-0.1, -0.05) is 20.8 Å². The first-order valence-electron chi connectivity index (χ1n) is 9.78. The van der Waals surface area contributed by atoms with E-state index in [1.807, 2.05) is 46.8 Å². The molecule has 0 saturated heterocycles. The van der Waals surface area contributed by atoms with Crippen LogP contribution >= 0.6 is 0 Å². The fourth-order valence-corrected chi connectivity index (χ4v) is 2.19. The Hall–Kier alpha value is -2.17. The van der Waals surface area contributed by atoms with Crippen LogP contribution in [0.2, 0.25) is 0 Å². The van der Waals surface area contributed by atoms with Gasteiger partial charge in [-0.05, 0) is 46.1 Å². The number of carbonyl (C=O) groups excluding carboxylic acids is 1. The minimum Gasteiger partial charge on any atom is -0.493 e. The second kappa shape index (κ2) is 11.5. The summed E-state index contributed by atoms with van der Waals surface area (Å²) in [6.45, 7) is 13.4. The summed E-state index contributed by atoms with van der Waals surface area (Å²) in [5, 5.41) is 0. The lowest BCUT2D eigenvalue weighted by molar-refractivity contribution is -0.148. The molecule has 0 saturated carbocycles. The Morgan fingerprint density at radius 3 is 1.81 bits per heavy atom. The second-order valence-corrected chi connectivity index (χ2v) is 7.25. The molecule has 1 rings (SSSR count). The van der Waals surface area contributed by atoms with Crippen molar-refractivity contribution in [3.05, 3.63) is 23.8 Å². The smallest absolute Gasteiger partial charge is 0.331 e. The maximum Gasteiger partial charge on any atom is 0.331 e. The highest BCUT2D eigenvalue weighted by Gasteiger charge is 2.16. The molecule has 0 aliphatic rings. The summed E-state index contributed by atoms with van der Waals surface area (Å²) in [6, 6.07) is 3.69. The van der Waals surface area contributed by atoms with E-state index in [2.05, 4.69) is 6.92 Å². The topological polar surface area (TPSA) is 54.0 Å². The molecular formula is C22H34O5. The highest BCUT2D eigenvalue weighted by molar-refractivity contribution is 5.88. The quantitative estimate of drug-likeness (QED) is 0.381. The van der Waals surface area contributed by atoms with Crippen LogP contribution in [-0.2, 0) is 9.53 Å². The van der Waals surface area contributed by atoms with Gasteiger partial charge in [0.15, 0.2) is 0 Å². The summed E-state index contributed by atoms with van der Waals surface area (Å²) in [6.07, 6.45) is 5.76. The molecule has 152 valence electrons. The number of benzene rings is 1. The SMILES string of the molecule is CCCOc1cc(OCCC)c(C=CC(=O)OC(C)(C)C)c(OCCC)c1. The van der Waals surface area contributed by atoms with Crippen molar-refractivity contribution in [2.75, 3.05) is 19.8 Å². The first-order valence-corrected chi connectivity index (χ1v) is 9.78. The molecule has 0 atom stereocenters. The molecule has 0 aliphatic carbocycles. The number of hydrogen-bond donors (Lipinski definition) is 0. The van der Waals surface area contributed by atoms with Gasteiger partial charge < -0.3 is 18.9 Å².